The minimum absolute atomic E-state index is 0.0495. The maximum absolute atomic E-state index is 12.9. The van der Waals surface area contributed by atoms with E-state index in [2.05, 4.69) is 6.92 Å². The van der Waals surface area contributed by atoms with Gasteiger partial charge in [-0.25, -0.2) is 0 Å². The van der Waals surface area contributed by atoms with E-state index in [-0.39, 0.29) is 17.9 Å². The third kappa shape index (κ3) is 3.62. The number of carbonyl (C=O) groups is 2. The van der Waals surface area contributed by atoms with E-state index in [0.29, 0.717) is 30.8 Å². The normalized spacial score (nSPS) is 17.8. The first kappa shape index (κ1) is 17.3. The van der Waals surface area contributed by atoms with Crippen LogP contribution in [-0.2, 0) is 14.1 Å². The van der Waals surface area contributed by atoms with Crippen molar-refractivity contribution in [3.05, 3.63) is 48.0 Å². The molecule has 2 aromatic heterocycles. The molecule has 1 unspecified atom stereocenters. The Hall–Kier alpha value is -2.50. The van der Waals surface area contributed by atoms with Crippen LogP contribution in [0.2, 0.25) is 0 Å². The van der Waals surface area contributed by atoms with E-state index in [0.717, 1.165) is 12.8 Å². The molecule has 0 spiro atoms. The highest BCUT2D eigenvalue weighted by Crippen LogP contribution is 2.20. The molecule has 6 heteroatoms. The Labute approximate surface area is 148 Å². The Morgan fingerprint density at radius 2 is 1.60 bits per heavy atom. The molecular formula is C19H26N4O2. The fraction of sp³-hybridized carbons (Fsp3) is 0.474. The molecule has 0 bridgehead atoms. The second-order valence-electron chi connectivity index (χ2n) is 6.82. The Balaban J connectivity index is 1.74. The summed E-state index contributed by atoms with van der Waals surface area (Å²) >= 11 is 0. The molecule has 2 amide bonds. The summed E-state index contributed by atoms with van der Waals surface area (Å²) < 4.78 is 3.77. The second-order valence-corrected chi connectivity index (χ2v) is 6.82. The molecular weight excluding hydrogens is 316 g/mol. The fourth-order valence-electron chi connectivity index (χ4n) is 3.50. The van der Waals surface area contributed by atoms with Gasteiger partial charge in [-0.3, -0.25) is 9.59 Å². The molecule has 134 valence electrons. The number of hydrogen-bond donors (Lipinski definition) is 0. The lowest BCUT2D eigenvalue weighted by atomic mass is 10.0. The Morgan fingerprint density at radius 1 is 1.00 bits per heavy atom. The molecule has 0 saturated carbocycles. The standard InChI is InChI=1S/C19H26N4O2/c1-4-5-17-14-22(18(24)15-6-8-20(2)12-15)10-11-23(17)19(25)16-7-9-21(3)13-16/h6-9,12-13,17H,4-5,10-11,14H2,1-3H3. The maximum atomic E-state index is 12.9. The predicted molar refractivity (Wildman–Crippen MR) is 96.5 cm³/mol. The summed E-state index contributed by atoms with van der Waals surface area (Å²) in [5, 5.41) is 0. The summed E-state index contributed by atoms with van der Waals surface area (Å²) in [6, 6.07) is 3.77. The molecule has 1 saturated heterocycles. The number of aromatic nitrogens is 2. The fourth-order valence-corrected chi connectivity index (χ4v) is 3.50. The summed E-state index contributed by atoms with van der Waals surface area (Å²) in [6.07, 6.45) is 9.35. The van der Waals surface area contributed by atoms with Gasteiger partial charge in [0.05, 0.1) is 11.1 Å². The molecule has 1 fully saturated rings. The van der Waals surface area contributed by atoms with E-state index >= 15 is 0 Å². The van der Waals surface area contributed by atoms with Crippen LogP contribution in [0.4, 0.5) is 0 Å². The van der Waals surface area contributed by atoms with Crippen molar-refractivity contribution < 1.29 is 9.59 Å². The number of hydrogen-bond acceptors (Lipinski definition) is 2. The number of rotatable bonds is 4. The average molecular weight is 342 g/mol. The third-order valence-corrected chi connectivity index (χ3v) is 4.81. The second kappa shape index (κ2) is 7.17. The molecule has 0 N–H and O–H groups in total. The SMILES string of the molecule is CCCC1CN(C(=O)c2ccn(C)c2)CCN1C(=O)c1ccn(C)c1. The van der Waals surface area contributed by atoms with E-state index in [9.17, 15) is 9.59 Å². The first-order valence-corrected chi connectivity index (χ1v) is 8.83. The molecule has 1 aliphatic rings. The summed E-state index contributed by atoms with van der Waals surface area (Å²) in [4.78, 5) is 29.4. The van der Waals surface area contributed by atoms with Crippen LogP contribution in [0.3, 0.4) is 0 Å². The van der Waals surface area contributed by atoms with Crippen LogP contribution in [0.1, 0.15) is 40.5 Å². The van der Waals surface area contributed by atoms with Crippen LogP contribution in [0.15, 0.2) is 36.9 Å². The zero-order valence-corrected chi connectivity index (χ0v) is 15.2. The van der Waals surface area contributed by atoms with Crippen LogP contribution >= 0.6 is 0 Å². The van der Waals surface area contributed by atoms with Gasteiger partial charge >= 0.3 is 0 Å². The highest BCUT2D eigenvalue weighted by molar-refractivity contribution is 5.96. The van der Waals surface area contributed by atoms with Crippen LogP contribution in [-0.4, -0.2) is 56.4 Å². The Kier molecular flexibility index (Phi) is 4.97. The number of carbonyl (C=O) groups excluding carboxylic acids is 2. The van der Waals surface area contributed by atoms with E-state index in [4.69, 9.17) is 0 Å². The molecule has 1 atom stereocenters. The van der Waals surface area contributed by atoms with Gasteiger partial charge in [0, 0.05) is 64.6 Å². The molecule has 0 aromatic carbocycles. The van der Waals surface area contributed by atoms with E-state index in [1.54, 1.807) is 0 Å². The minimum atomic E-state index is 0.0495. The van der Waals surface area contributed by atoms with Crippen molar-refractivity contribution >= 4 is 11.8 Å². The molecule has 3 rings (SSSR count). The Morgan fingerprint density at radius 3 is 2.12 bits per heavy atom. The topological polar surface area (TPSA) is 50.5 Å². The lowest BCUT2D eigenvalue weighted by Gasteiger charge is -2.41. The van der Waals surface area contributed by atoms with Gasteiger partial charge in [-0.15, -0.1) is 0 Å². The lowest BCUT2D eigenvalue weighted by molar-refractivity contribution is 0.0371. The van der Waals surface area contributed by atoms with Crippen molar-refractivity contribution in [2.75, 3.05) is 19.6 Å². The summed E-state index contributed by atoms with van der Waals surface area (Å²) in [7, 11) is 3.82. The molecule has 0 radical (unpaired) electrons. The van der Waals surface area contributed by atoms with Crippen LogP contribution in [0, 0.1) is 0 Å². The maximum Gasteiger partial charge on any atom is 0.255 e. The first-order valence-electron chi connectivity index (χ1n) is 8.83. The van der Waals surface area contributed by atoms with Crippen molar-refractivity contribution in [1.29, 1.82) is 0 Å². The van der Waals surface area contributed by atoms with Crippen LogP contribution < -0.4 is 0 Å². The van der Waals surface area contributed by atoms with Gasteiger partial charge in [0.25, 0.3) is 11.8 Å². The van der Waals surface area contributed by atoms with Gasteiger partial charge in [0.1, 0.15) is 0 Å². The van der Waals surface area contributed by atoms with Crippen molar-refractivity contribution in [2.45, 2.75) is 25.8 Å². The molecule has 0 aliphatic carbocycles. The first-order chi connectivity index (χ1) is 12.0. The number of piperazine rings is 1. The largest absolute Gasteiger partial charge is 0.356 e. The average Bonchev–Trinajstić information content (AvgIpc) is 3.22. The molecule has 3 heterocycles. The summed E-state index contributed by atoms with van der Waals surface area (Å²) in [5.41, 5.74) is 1.42. The molecule has 25 heavy (non-hydrogen) atoms. The molecule has 1 aliphatic heterocycles. The van der Waals surface area contributed by atoms with Gasteiger partial charge in [0.15, 0.2) is 0 Å². The summed E-state index contributed by atoms with van der Waals surface area (Å²) in [6.45, 7) is 3.87. The quantitative estimate of drug-likeness (QED) is 0.855. The highest BCUT2D eigenvalue weighted by Gasteiger charge is 2.33. The molecule has 2 aromatic rings. The van der Waals surface area contributed by atoms with E-state index in [1.807, 2.05) is 69.9 Å². The van der Waals surface area contributed by atoms with Gasteiger partial charge in [-0.05, 0) is 18.6 Å². The van der Waals surface area contributed by atoms with Crippen LogP contribution in [0.25, 0.3) is 0 Å². The lowest BCUT2D eigenvalue weighted by Crippen LogP contribution is -2.56. The monoisotopic (exact) mass is 342 g/mol. The van der Waals surface area contributed by atoms with Gasteiger partial charge in [-0.2, -0.15) is 0 Å². The number of amides is 2. The summed E-state index contributed by atoms with van der Waals surface area (Å²) in [5.74, 6) is 0.111. The van der Waals surface area contributed by atoms with E-state index < -0.39 is 0 Å². The Bertz CT molecular complexity index is 761. The smallest absolute Gasteiger partial charge is 0.255 e. The van der Waals surface area contributed by atoms with Crippen molar-refractivity contribution in [3.8, 4) is 0 Å². The number of nitrogens with zero attached hydrogens (tertiary/aromatic N) is 4. The van der Waals surface area contributed by atoms with Crippen molar-refractivity contribution in [2.24, 2.45) is 14.1 Å². The third-order valence-electron chi connectivity index (χ3n) is 4.81. The van der Waals surface area contributed by atoms with Crippen molar-refractivity contribution in [3.63, 3.8) is 0 Å². The van der Waals surface area contributed by atoms with Gasteiger partial charge < -0.3 is 18.9 Å². The van der Waals surface area contributed by atoms with Gasteiger partial charge in [0.2, 0.25) is 0 Å². The van der Waals surface area contributed by atoms with Crippen LogP contribution in [0.5, 0.6) is 0 Å². The zero-order chi connectivity index (χ0) is 18.0. The van der Waals surface area contributed by atoms with E-state index in [1.165, 1.54) is 0 Å². The zero-order valence-electron chi connectivity index (χ0n) is 15.2. The van der Waals surface area contributed by atoms with Crippen molar-refractivity contribution in [1.82, 2.24) is 18.9 Å². The minimum Gasteiger partial charge on any atom is -0.356 e. The number of aryl methyl sites for hydroxylation is 2. The predicted octanol–water partition coefficient (Wildman–Crippen LogP) is 2.13. The highest BCUT2D eigenvalue weighted by atomic mass is 16.2. The molecule has 6 nitrogen and oxygen atoms in total. The van der Waals surface area contributed by atoms with Gasteiger partial charge in [-0.1, -0.05) is 13.3 Å².